The Morgan fingerprint density at radius 1 is 1.08 bits per heavy atom. The van der Waals surface area contributed by atoms with Crippen LogP contribution in [0.15, 0.2) is 0 Å². The molecule has 0 aromatic rings. The molecule has 2 nitrogen and oxygen atoms in total. The van der Waals surface area contributed by atoms with Gasteiger partial charge in [0.15, 0.2) is 0 Å². The van der Waals surface area contributed by atoms with Crippen molar-refractivity contribution >= 4 is 0 Å². The largest absolute Gasteiger partial charge is 0.382 e. The van der Waals surface area contributed by atoms with E-state index in [0.29, 0.717) is 0 Å². The molecule has 0 aliphatic rings. The predicted octanol–water partition coefficient (Wildman–Crippen LogP) is 2.14. The van der Waals surface area contributed by atoms with Gasteiger partial charge in [-0.05, 0) is 32.9 Å². The summed E-state index contributed by atoms with van der Waals surface area (Å²) in [5, 5.41) is 0. The fraction of sp³-hybridized carbons (Fsp3) is 1.00. The summed E-state index contributed by atoms with van der Waals surface area (Å²) < 4.78 is 5.28. The van der Waals surface area contributed by atoms with Crippen LogP contribution >= 0.6 is 0 Å². The van der Waals surface area contributed by atoms with E-state index in [1.54, 1.807) is 0 Å². The number of ether oxygens (including phenoxy) is 1. The van der Waals surface area contributed by atoms with Gasteiger partial charge in [-0.3, -0.25) is 0 Å². The minimum absolute atomic E-state index is 0.847. The van der Waals surface area contributed by atoms with Gasteiger partial charge in [-0.25, -0.2) is 0 Å². The Hall–Kier alpha value is -0.0800. The minimum atomic E-state index is 0.847. The Labute approximate surface area is 76.9 Å². The molecule has 0 aliphatic carbocycles. The van der Waals surface area contributed by atoms with Crippen molar-refractivity contribution in [3.8, 4) is 0 Å². The second kappa shape index (κ2) is 9.01. The highest BCUT2D eigenvalue weighted by Crippen LogP contribution is 1.93. The van der Waals surface area contributed by atoms with Crippen LogP contribution in [0, 0.1) is 0 Å². The molecule has 0 atom stereocenters. The SMILES string of the molecule is CCCN(CC)CCCOCC. The molecular formula is C10H23NO. The molecule has 0 rings (SSSR count). The van der Waals surface area contributed by atoms with Crippen molar-refractivity contribution in [3.63, 3.8) is 0 Å². The van der Waals surface area contributed by atoms with Gasteiger partial charge >= 0.3 is 0 Å². The van der Waals surface area contributed by atoms with Gasteiger partial charge < -0.3 is 9.64 Å². The summed E-state index contributed by atoms with van der Waals surface area (Å²) in [6.07, 6.45) is 2.42. The second-order valence-electron chi connectivity index (χ2n) is 2.98. The van der Waals surface area contributed by atoms with Gasteiger partial charge in [0, 0.05) is 19.8 Å². The van der Waals surface area contributed by atoms with E-state index < -0.39 is 0 Å². The maximum Gasteiger partial charge on any atom is 0.0478 e. The fourth-order valence-corrected chi connectivity index (χ4v) is 1.28. The maximum atomic E-state index is 5.28. The first-order valence-corrected chi connectivity index (χ1v) is 5.15. The molecule has 0 heterocycles. The molecule has 0 saturated carbocycles. The molecule has 74 valence electrons. The van der Waals surface area contributed by atoms with E-state index in [1.807, 2.05) is 6.92 Å². The summed E-state index contributed by atoms with van der Waals surface area (Å²) in [7, 11) is 0. The number of rotatable bonds is 8. The molecule has 2 heteroatoms. The zero-order chi connectivity index (χ0) is 9.23. The van der Waals surface area contributed by atoms with Crippen LogP contribution in [0.4, 0.5) is 0 Å². The molecule has 0 aromatic heterocycles. The molecule has 0 saturated heterocycles. The van der Waals surface area contributed by atoms with Crippen LogP contribution in [0.2, 0.25) is 0 Å². The van der Waals surface area contributed by atoms with Crippen LogP contribution in [-0.2, 0) is 4.74 Å². The Morgan fingerprint density at radius 3 is 2.33 bits per heavy atom. The van der Waals surface area contributed by atoms with E-state index >= 15 is 0 Å². The summed E-state index contributed by atoms with van der Waals surface area (Å²) in [4.78, 5) is 2.47. The number of hydrogen-bond acceptors (Lipinski definition) is 2. The highest BCUT2D eigenvalue weighted by molar-refractivity contribution is 4.53. The molecule has 0 fully saturated rings. The van der Waals surface area contributed by atoms with E-state index in [0.717, 1.165) is 13.2 Å². The average Bonchev–Trinajstić information content (AvgIpc) is 2.10. The van der Waals surface area contributed by atoms with Crippen LogP contribution in [0.25, 0.3) is 0 Å². The van der Waals surface area contributed by atoms with Gasteiger partial charge in [0.05, 0.1) is 0 Å². The predicted molar refractivity (Wildman–Crippen MR) is 53.5 cm³/mol. The topological polar surface area (TPSA) is 12.5 Å². The smallest absolute Gasteiger partial charge is 0.0478 e. The Morgan fingerprint density at radius 2 is 1.83 bits per heavy atom. The summed E-state index contributed by atoms with van der Waals surface area (Å²) in [5.74, 6) is 0. The number of hydrogen-bond donors (Lipinski definition) is 0. The first kappa shape index (κ1) is 11.9. The van der Waals surface area contributed by atoms with Gasteiger partial charge in [0.25, 0.3) is 0 Å². The van der Waals surface area contributed by atoms with Crippen LogP contribution in [-0.4, -0.2) is 37.7 Å². The lowest BCUT2D eigenvalue weighted by atomic mass is 10.3. The van der Waals surface area contributed by atoms with Crippen LogP contribution in [0.1, 0.15) is 33.6 Å². The van der Waals surface area contributed by atoms with Crippen molar-refractivity contribution in [2.45, 2.75) is 33.6 Å². The van der Waals surface area contributed by atoms with Gasteiger partial charge in [0.1, 0.15) is 0 Å². The lowest BCUT2D eigenvalue weighted by Crippen LogP contribution is -2.26. The van der Waals surface area contributed by atoms with E-state index in [-0.39, 0.29) is 0 Å². The first-order valence-electron chi connectivity index (χ1n) is 5.15. The quantitative estimate of drug-likeness (QED) is 0.521. The molecule has 12 heavy (non-hydrogen) atoms. The van der Waals surface area contributed by atoms with E-state index in [4.69, 9.17) is 4.74 Å². The Kier molecular flexibility index (Phi) is 8.95. The lowest BCUT2D eigenvalue weighted by molar-refractivity contribution is 0.132. The molecule has 0 bridgehead atoms. The van der Waals surface area contributed by atoms with Gasteiger partial charge in [-0.15, -0.1) is 0 Å². The molecule has 0 spiro atoms. The van der Waals surface area contributed by atoms with Crippen LogP contribution in [0.3, 0.4) is 0 Å². The molecule has 0 radical (unpaired) electrons. The first-order chi connectivity index (χ1) is 5.85. The van der Waals surface area contributed by atoms with Gasteiger partial charge in [-0.2, -0.15) is 0 Å². The number of nitrogens with zero attached hydrogens (tertiary/aromatic N) is 1. The van der Waals surface area contributed by atoms with E-state index in [9.17, 15) is 0 Å². The highest BCUT2D eigenvalue weighted by Gasteiger charge is 1.98. The van der Waals surface area contributed by atoms with Crippen LogP contribution < -0.4 is 0 Å². The Balaban J connectivity index is 3.19. The molecule has 0 aliphatic heterocycles. The third-order valence-corrected chi connectivity index (χ3v) is 1.95. The lowest BCUT2D eigenvalue weighted by Gasteiger charge is -2.18. The summed E-state index contributed by atoms with van der Waals surface area (Å²) in [6, 6.07) is 0. The monoisotopic (exact) mass is 173 g/mol. The van der Waals surface area contributed by atoms with Crippen molar-refractivity contribution in [3.05, 3.63) is 0 Å². The van der Waals surface area contributed by atoms with Crippen molar-refractivity contribution in [1.82, 2.24) is 4.90 Å². The second-order valence-corrected chi connectivity index (χ2v) is 2.98. The highest BCUT2D eigenvalue weighted by atomic mass is 16.5. The maximum absolute atomic E-state index is 5.28. The van der Waals surface area contributed by atoms with Gasteiger partial charge in [-0.1, -0.05) is 13.8 Å². The fourth-order valence-electron chi connectivity index (χ4n) is 1.28. The van der Waals surface area contributed by atoms with E-state index in [2.05, 4.69) is 18.7 Å². The van der Waals surface area contributed by atoms with Crippen molar-refractivity contribution in [1.29, 1.82) is 0 Å². The third-order valence-electron chi connectivity index (χ3n) is 1.95. The minimum Gasteiger partial charge on any atom is -0.382 e. The standard InChI is InChI=1S/C10H23NO/c1-4-8-11(5-2)9-7-10-12-6-3/h4-10H2,1-3H3. The molecular weight excluding hydrogens is 150 g/mol. The van der Waals surface area contributed by atoms with Crippen molar-refractivity contribution in [2.75, 3.05) is 32.8 Å². The summed E-state index contributed by atoms with van der Waals surface area (Å²) >= 11 is 0. The average molecular weight is 173 g/mol. The molecule has 0 amide bonds. The van der Waals surface area contributed by atoms with E-state index in [1.165, 1.54) is 32.5 Å². The Bertz CT molecular complexity index is 85.9. The molecule has 0 N–H and O–H groups in total. The molecule has 0 aromatic carbocycles. The van der Waals surface area contributed by atoms with Crippen molar-refractivity contribution in [2.24, 2.45) is 0 Å². The van der Waals surface area contributed by atoms with Crippen molar-refractivity contribution < 1.29 is 4.74 Å². The summed E-state index contributed by atoms with van der Waals surface area (Å²) in [6.45, 7) is 11.8. The van der Waals surface area contributed by atoms with Gasteiger partial charge in [0.2, 0.25) is 0 Å². The third kappa shape index (κ3) is 6.62. The zero-order valence-corrected chi connectivity index (χ0v) is 8.81. The zero-order valence-electron chi connectivity index (χ0n) is 8.81. The van der Waals surface area contributed by atoms with Crippen LogP contribution in [0.5, 0.6) is 0 Å². The normalized spacial score (nSPS) is 11.0. The molecule has 0 unspecified atom stereocenters. The summed E-state index contributed by atoms with van der Waals surface area (Å²) in [5.41, 5.74) is 0.